The van der Waals surface area contributed by atoms with Crippen molar-refractivity contribution in [3.05, 3.63) is 56.0 Å². The largest absolute Gasteiger partial charge is 0.490 e. The van der Waals surface area contributed by atoms with Crippen molar-refractivity contribution in [2.24, 2.45) is 0 Å². The molecule has 0 aliphatic heterocycles. The van der Waals surface area contributed by atoms with Crippen molar-refractivity contribution in [3.63, 3.8) is 0 Å². The summed E-state index contributed by atoms with van der Waals surface area (Å²) in [5, 5.41) is 20.1. The van der Waals surface area contributed by atoms with Crippen LogP contribution < -0.4 is 8.92 Å². The lowest BCUT2D eigenvalue weighted by Gasteiger charge is -2.14. The zero-order chi connectivity index (χ0) is 19.5. The van der Waals surface area contributed by atoms with Gasteiger partial charge in [-0.15, -0.1) is 0 Å². The molecular weight excluding hydrogens is 428 g/mol. The lowest BCUT2D eigenvalue weighted by Crippen LogP contribution is -2.13. The minimum absolute atomic E-state index is 0.0415. The Morgan fingerprint density at radius 2 is 2.04 bits per heavy atom. The van der Waals surface area contributed by atoms with Crippen molar-refractivity contribution in [1.29, 1.82) is 5.26 Å². The SMILES string of the molecule is CCOc1cc(C#N)cc(Br)c1OS(=O)(=O)c1cccc([N+](=O)[O-])c1C. The van der Waals surface area contributed by atoms with Gasteiger partial charge in [-0.2, -0.15) is 13.7 Å². The Kier molecular flexibility index (Phi) is 5.84. The molecule has 0 amide bonds. The number of nitro benzene ring substituents is 1. The second-order valence-electron chi connectivity index (χ2n) is 5.02. The lowest BCUT2D eigenvalue weighted by atomic mass is 10.2. The highest BCUT2D eigenvalue weighted by Gasteiger charge is 2.27. The van der Waals surface area contributed by atoms with Gasteiger partial charge in [0.2, 0.25) is 0 Å². The molecule has 26 heavy (non-hydrogen) atoms. The third-order valence-corrected chi connectivity index (χ3v) is 5.31. The quantitative estimate of drug-likeness (QED) is 0.381. The number of nitro groups is 1. The number of rotatable bonds is 6. The Hall–Kier alpha value is -2.64. The number of nitrogens with zero attached hydrogens (tertiary/aromatic N) is 2. The molecule has 2 aromatic rings. The van der Waals surface area contributed by atoms with Crippen LogP contribution in [0.25, 0.3) is 0 Å². The van der Waals surface area contributed by atoms with Crippen molar-refractivity contribution in [2.75, 3.05) is 6.61 Å². The van der Waals surface area contributed by atoms with E-state index in [4.69, 9.17) is 14.2 Å². The van der Waals surface area contributed by atoms with Crippen LogP contribution in [0.15, 0.2) is 39.7 Å². The molecule has 0 bridgehead atoms. The summed E-state index contributed by atoms with van der Waals surface area (Å²) in [6, 6.07) is 8.34. The van der Waals surface area contributed by atoms with Crippen molar-refractivity contribution < 1.29 is 22.3 Å². The Balaban J connectivity index is 2.57. The van der Waals surface area contributed by atoms with Crippen LogP contribution in [0.2, 0.25) is 0 Å². The van der Waals surface area contributed by atoms with Gasteiger partial charge in [-0.05, 0) is 41.9 Å². The monoisotopic (exact) mass is 440 g/mol. The molecule has 0 atom stereocenters. The predicted octanol–water partition coefficient (Wildman–Crippen LogP) is 3.70. The Bertz CT molecular complexity index is 1010. The van der Waals surface area contributed by atoms with E-state index in [9.17, 15) is 18.5 Å². The molecule has 2 rings (SSSR count). The van der Waals surface area contributed by atoms with Crippen LogP contribution in [0.3, 0.4) is 0 Å². The van der Waals surface area contributed by atoms with E-state index in [-0.39, 0.29) is 44.3 Å². The van der Waals surface area contributed by atoms with E-state index in [1.54, 1.807) is 6.92 Å². The van der Waals surface area contributed by atoms with Crippen molar-refractivity contribution in [1.82, 2.24) is 0 Å². The van der Waals surface area contributed by atoms with Crippen molar-refractivity contribution in [3.8, 4) is 17.6 Å². The summed E-state index contributed by atoms with van der Waals surface area (Å²) in [6.45, 7) is 3.23. The first-order valence-corrected chi connectivity index (χ1v) is 9.46. The van der Waals surface area contributed by atoms with Crippen LogP contribution in [0.1, 0.15) is 18.1 Å². The average molecular weight is 441 g/mol. The summed E-state index contributed by atoms with van der Waals surface area (Å²) >= 11 is 3.16. The van der Waals surface area contributed by atoms with E-state index >= 15 is 0 Å². The smallest absolute Gasteiger partial charge is 0.339 e. The molecule has 0 fully saturated rings. The number of nitriles is 1. The van der Waals surface area contributed by atoms with Gasteiger partial charge in [-0.3, -0.25) is 10.1 Å². The van der Waals surface area contributed by atoms with Gasteiger partial charge in [0, 0.05) is 17.7 Å². The number of ether oxygens (including phenoxy) is 1. The van der Waals surface area contributed by atoms with E-state index in [1.165, 1.54) is 37.3 Å². The van der Waals surface area contributed by atoms with Crippen LogP contribution in [0.4, 0.5) is 5.69 Å². The molecule has 0 saturated carbocycles. The fraction of sp³-hybridized carbons (Fsp3) is 0.188. The third kappa shape index (κ3) is 3.95. The first-order valence-electron chi connectivity index (χ1n) is 7.26. The molecule has 0 unspecified atom stereocenters. The zero-order valence-electron chi connectivity index (χ0n) is 13.7. The van der Waals surface area contributed by atoms with Crippen LogP contribution in [-0.4, -0.2) is 19.9 Å². The third-order valence-electron chi connectivity index (χ3n) is 3.35. The normalized spacial score (nSPS) is 10.8. The van der Waals surface area contributed by atoms with E-state index in [1.807, 2.05) is 6.07 Å². The average Bonchev–Trinajstić information content (AvgIpc) is 2.57. The maximum Gasteiger partial charge on any atom is 0.339 e. The first kappa shape index (κ1) is 19.7. The number of benzene rings is 2. The number of halogens is 1. The number of hydrogen-bond donors (Lipinski definition) is 0. The Morgan fingerprint density at radius 3 is 2.62 bits per heavy atom. The van der Waals surface area contributed by atoms with Gasteiger partial charge in [0.25, 0.3) is 5.69 Å². The summed E-state index contributed by atoms with van der Waals surface area (Å²) < 4.78 is 36.1. The maximum absolute atomic E-state index is 12.7. The molecule has 0 radical (unpaired) electrons. The van der Waals surface area contributed by atoms with Crippen molar-refractivity contribution >= 4 is 31.7 Å². The summed E-state index contributed by atoms with van der Waals surface area (Å²) in [4.78, 5) is 10.0. The molecule has 0 aliphatic carbocycles. The fourth-order valence-corrected chi connectivity index (χ4v) is 4.04. The molecule has 0 heterocycles. The standard InChI is InChI=1S/C16H13BrN2O6S/c1-3-24-14-8-11(9-18)7-12(17)16(14)25-26(22,23)15-6-4-5-13(10(15)2)19(20)21/h4-8H,3H2,1-2H3. The molecule has 136 valence electrons. The second-order valence-corrected chi connectivity index (χ2v) is 7.39. The van der Waals surface area contributed by atoms with E-state index in [0.29, 0.717) is 0 Å². The minimum atomic E-state index is -4.38. The van der Waals surface area contributed by atoms with Gasteiger partial charge >= 0.3 is 10.1 Å². The first-order chi connectivity index (χ1) is 12.2. The van der Waals surface area contributed by atoms with E-state index in [0.717, 1.165) is 0 Å². The van der Waals surface area contributed by atoms with E-state index < -0.39 is 15.0 Å². The van der Waals surface area contributed by atoms with E-state index in [2.05, 4.69) is 15.9 Å². The van der Waals surface area contributed by atoms with Gasteiger partial charge < -0.3 is 8.92 Å². The summed E-state index contributed by atoms with van der Waals surface area (Å²) in [5.41, 5.74) is -0.129. The second kappa shape index (κ2) is 7.72. The molecule has 8 nitrogen and oxygen atoms in total. The Labute approximate surface area is 158 Å². The highest BCUT2D eigenvalue weighted by molar-refractivity contribution is 9.10. The summed E-state index contributed by atoms with van der Waals surface area (Å²) in [6.07, 6.45) is 0. The van der Waals surface area contributed by atoms with Crippen LogP contribution >= 0.6 is 15.9 Å². The fourth-order valence-electron chi connectivity index (χ4n) is 2.20. The highest BCUT2D eigenvalue weighted by atomic mass is 79.9. The topological polar surface area (TPSA) is 120 Å². The van der Waals surface area contributed by atoms with Gasteiger partial charge in [0.05, 0.1) is 27.6 Å². The molecule has 0 saturated heterocycles. The molecule has 0 aliphatic rings. The molecule has 0 spiro atoms. The Morgan fingerprint density at radius 1 is 1.35 bits per heavy atom. The van der Waals surface area contributed by atoms with Crippen molar-refractivity contribution in [2.45, 2.75) is 18.7 Å². The zero-order valence-corrected chi connectivity index (χ0v) is 16.1. The molecule has 10 heteroatoms. The molecule has 0 aromatic heterocycles. The van der Waals surface area contributed by atoms with Crippen LogP contribution in [0.5, 0.6) is 11.5 Å². The van der Waals surface area contributed by atoms with Gasteiger partial charge in [-0.1, -0.05) is 6.07 Å². The lowest BCUT2D eigenvalue weighted by molar-refractivity contribution is -0.385. The molecular formula is C16H13BrN2O6S. The minimum Gasteiger partial charge on any atom is -0.490 e. The highest BCUT2D eigenvalue weighted by Crippen LogP contribution is 2.39. The molecule has 0 N–H and O–H groups in total. The van der Waals surface area contributed by atoms with Gasteiger partial charge in [0.1, 0.15) is 4.90 Å². The number of hydrogen-bond acceptors (Lipinski definition) is 7. The molecule has 2 aromatic carbocycles. The van der Waals surface area contributed by atoms with Crippen LogP contribution in [0, 0.1) is 28.4 Å². The van der Waals surface area contributed by atoms with Gasteiger partial charge in [0.15, 0.2) is 11.5 Å². The predicted molar refractivity (Wildman–Crippen MR) is 95.7 cm³/mol. The summed E-state index contributed by atoms with van der Waals surface area (Å²) in [7, 11) is -4.38. The van der Waals surface area contributed by atoms with Crippen LogP contribution in [-0.2, 0) is 10.1 Å². The van der Waals surface area contributed by atoms with Gasteiger partial charge in [-0.25, -0.2) is 0 Å². The summed E-state index contributed by atoms with van der Waals surface area (Å²) in [5.74, 6) is -0.0816. The maximum atomic E-state index is 12.7.